The van der Waals surface area contributed by atoms with E-state index in [-0.39, 0.29) is 23.5 Å². The zero-order valence-electron chi connectivity index (χ0n) is 22.2. The van der Waals surface area contributed by atoms with Gasteiger partial charge in [-0.15, -0.1) is 13.2 Å². The van der Waals surface area contributed by atoms with Crippen molar-refractivity contribution in [2.24, 2.45) is 5.92 Å². The average Bonchev–Trinajstić information content (AvgIpc) is 3.43. The van der Waals surface area contributed by atoms with Crippen molar-refractivity contribution in [1.82, 2.24) is 15.6 Å². The van der Waals surface area contributed by atoms with Gasteiger partial charge in [0.1, 0.15) is 17.6 Å². The number of alkyl halides is 3. The van der Waals surface area contributed by atoms with Crippen LogP contribution in [-0.4, -0.2) is 41.8 Å². The molecule has 40 heavy (non-hydrogen) atoms. The fraction of sp³-hybridized carbons (Fsp3) is 0.414. The van der Waals surface area contributed by atoms with Crippen molar-refractivity contribution in [3.05, 3.63) is 66.7 Å². The highest BCUT2D eigenvalue weighted by Crippen LogP contribution is 2.28. The molecule has 0 saturated heterocycles. The normalized spacial score (nSPS) is 15.6. The summed E-state index contributed by atoms with van der Waals surface area (Å²) in [5, 5.41) is 8.89. The predicted octanol–water partition coefficient (Wildman–Crippen LogP) is 5.93. The molecule has 0 radical (unpaired) electrons. The second-order valence-corrected chi connectivity index (χ2v) is 10.0. The van der Waals surface area contributed by atoms with E-state index >= 15 is 0 Å². The van der Waals surface area contributed by atoms with Crippen LogP contribution in [0.15, 0.2) is 65.3 Å². The molecule has 11 heteroatoms. The molecular formula is C29H33F3N4O4. The van der Waals surface area contributed by atoms with Gasteiger partial charge in [-0.05, 0) is 67.8 Å². The van der Waals surface area contributed by atoms with Gasteiger partial charge in [-0.2, -0.15) is 0 Å². The van der Waals surface area contributed by atoms with Crippen LogP contribution in [0.25, 0.3) is 11.3 Å². The zero-order chi connectivity index (χ0) is 28.5. The molecule has 8 nitrogen and oxygen atoms in total. The monoisotopic (exact) mass is 558 g/mol. The first-order valence-corrected chi connectivity index (χ1v) is 13.4. The number of ether oxygens (including phenoxy) is 1. The number of carbonyl (C=O) groups is 2. The Morgan fingerprint density at radius 3 is 2.48 bits per heavy atom. The fourth-order valence-electron chi connectivity index (χ4n) is 4.78. The van der Waals surface area contributed by atoms with Crippen LogP contribution in [0.1, 0.15) is 56.0 Å². The molecule has 1 aromatic carbocycles. The van der Waals surface area contributed by atoms with Crippen LogP contribution in [0.4, 0.5) is 18.9 Å². The molecule has 1 aliphatic rings. The second kappa shape index (κ2) is 13.4. The van der Waals surface area contributed by atoms with E-state index < -0.39 is 18.3 Å². The van der Waals surface area contributed by atoms with E-state index in [4.69, 9.17) is 4.42 Å². The highest BCUT2D eigenvalue weighted by atomic mass is 19.4. The number of pyridine rings is 1. The summed E-state index contributed by atoms with van der Waals surface area (Å²) >= 11 is 0. The molecule has 2 heterocycles. The number of halogens is 3. The molecule has 2 aromatic heterocycles. The third-order valence-electron chi connectivity index (χ3n) is 6.78. The molecule has 0 unspecified atom stereocenters. The van der Waals surface area contributed by atoms with E-state index in [9.17, 15) is 22.8 Å². The van der Waals surface area contributed by atoms with Crippen molar-refractivity contribution in [2.45, 2.75) is 63.9 Å². The molecule has 0 aliphatic heterocycles. The Morgan fingerprint density at radius 2 is 1.80 bits per heavy atom. The lowest BCUT2D eigenvalue weighted by atomic mass is 9.84. The minimum Gasteiger partial charge on any atom is -0.451 e. The van der Waals surface area contributed by atoms with E-state index in [1.165, 1.54) is 30.7 Å². The minimum atomic E-state index is -4.75. The molecule has 1 fully saturated rings. The summed E-state index contributed by atoms with van der Waals surface area (Å²) < 4.78 is 46.7. The van der Waals surface area contributed by atoms with Gasteiger partial charge in [0.25, 0.3) is 5.91 Å². The van der Waals surface area contributed by atoms with Crippen LogP contribution in [0.2, 0.25) is 0 Å². The number of nitrogens with zero attached hydrogens (tertiary/aromatic N) is 1. The van der Waals surface area contributed by atoms with Gasteiger partial charge < -0.3 is 25.1 Å². The van der Waals surface area contributed by atoms with E-state index in [0.717, 1.165) is 31.2 Å². The SMILES string of the molecule is C[C@@H](CNc1ccc(OC(F)(F)F)cc1)NC(=O)[C@H](CC1CCCCC1)NC(=O)c1ccc(-c2cccnc2)o1. The standard InChI is InChI=1S/C29H33F3N4O4/c1-19(17-34-22-9-11-23(12-10-22)40-29(30,31)32)35-27(37)24(16-20-6-3-2-4-7-20)36-28(38)26-14-13-25(39-26)21-8-5-15-33-18-21/h5,8-15,18-20,24,34H,2-4,6-7,16-17H2,1H3,(H,35,37)(H,36,38)/t19-,24-/m0/s1. The fourth-order valence-corrected chi connectivity index (χ4v) is 4.78. The first kappa shape index (κ1) is 29.0. The van der Waals surface area contributed by atoms with Crippen LogP contribution in [0, 0.1) is 5.92 Å². The van der Waals surface area contributed by atoms with Crippen LogP contribution in [-0.2, 0) is 4.79 Å². The summed E-state index contributed by atoms with van der Waals surface area (Å²) in [6.07, 6.45) is 4.46. The van der Waals surface area contributed by atoms with Crippen LogP contribution in [0.3, 0.4) is 0 Å². The number of benzene rings is 1. The number of hydrogen-bond acceptors (Lipinski definition) is 6. The van der Waals surface area contributed by atoms with Gasteiger partial charge in [-0.1, -0.05) is 32.1 Å². The largest absolute Gasteiger partial charge is 0.573 e. The maximum Gasteiger partial charge on any atom is 0.573 e. The van der Waals surface area contributed by atoms with E-state index in [1.807, 2.05) is 6.07 Å². The summed E-state index contributed by atoms with van der Waals surface area (Å²) in [7, 11) is 0. The number of anilines is 1. The Bertz CT molecular complexity index is 1240. The molecular weight excluding hydrogens is 525 g/mol. The average molecular weight is 559 g/mol. The number of aromatic nitrogens is 1. The number of carbonyl (C=O) groups excluding carboxylic acids is 2. The quantitative estimate of drug-likeness (QED) is 0.270. The smallest absolute Gasteiger partial charge is 0.451 e. The molecule has 1 saturated carbocycles. The van der Waals surface area contributed by atoms with E-state index in [0.29, 0.717) is 30.3 Å². The third kappa shape index (κ3) is 8.75. The van der Waals surface area contributed by atoms with E-state index in [2.05, 4.69) is 25.7 Å². The van der Waals surface area contributed by atoms with Gasteiger partial charge in [0.05, 0.1) is 0 Å². The van der Waals surface area contributed by atoms with Gasteiger partial charge >= 0.3 is 6.36 Å². The summed E-state index contributed by atoms with van der Waals surface area (Å²) in [6.45, 7) is 2.13. The van der Waals surface area contributed by atoms with Crippen molar-refractivity contribution in [2.75, 3.05) is 11.9 Å². The van der Waals surface area contributed by atoms with Crippen molar-refractivity contribution in [1.29, 1.82) is 0 Å². The van der Waals surface area contributed by atoms with Crippen molar-refractivity contribution in [3.8, 4) is 17.1 Å². The number of nitrogens with one attached hydrogen (secondary N) is 3. The molecule has 214 valence electrons. The number of amides is 2. The summed E-state index contributed by atoms with van der Waals surface area (Å²) in [6, 6.07) is 11.1. The third-order valence-corrected chi connectivity index (χ3v) is 6.78. The zero-order valence-corrected chi connectivity index (χ0v) is 22.2. The number of rotatable bonds is 11. The minimum absolute atomic E-state index is 0.105. The van der Waals surface area contributed by atoms with Crippen molar-refractivity contribution < 1.29 is 31.9 Å². The molecule has 0 spiro atoms. The van der Waals surface area contributed by atoms with E-state index in [1.54, 1.807) is 37.5 Å². The predicted molar refractivity (Wildman–Crippen MR) is 144 cm³/mol. The molecule has 2 amide bonds. The first-order chi connectivity index (χ1) is 19.2. The highest BCUT2D eigenvalue weighted by Gasteiger charge is 2.31. The molecule has 0 bridgehead atoms. The molecule has 2 atom stereocenters. The van der Waals surface area contributed by atoms with Crippen LogP contribution >= 0.6 is 0 Å². The van der Waals surface area contributed by atoms with Gasteiger partial charge in [0.2, 0.25) is 5.91 Å². The van der Waals surface area contributed by atoms with Crippen molar-refractivity contribution in [3.63, 3.8) is 0 Å². The van der Waals surface area contributed by atoms with Gasteiger partial charge in [0, 0.05) is 36.2 Å². The Kier molecular flexibility index (Phi) is 9.68. The van der Waals surface area contributed by atoms with Crippen LogP contribution in [0.5, 0.6) is 5.75 Å². The lowest BCUT2D eigenvalue weighted by Crippen LogP contribution is -2.51. The molecule has 3 aromatic rings. The Hall–Kier alpha value is -4.02. The highest BCUT2D eigenvalue weighted by molar-refractivity contribution is 5.96. The Morgan fingerprint density at radius 1 is 1.05 bits per heavy atom. The maximum absolute atomic E-state index is 13.3. The molecule has 4 rings (SSSR count). The lowest BCUT2D eigenvalue weighted by Gasteiger charge is -2.27. The summed E-state index contributed by atoms with van der Waals surface area (Å²) in [4.78, 5) is 30.4. The second-order valence-electron chi connectivity index (χ2n) is 10.0. The Labute approximate surface area is 230 Å². The number of hydrogen-bond donors (Lipinski definition) is 3. The van der Waals surface area contributed by atoms with Gasteiger partial charge in [-0.3, -0.25) is 14.6 Å². The van der Waals surface area contributed by atoms with Gasteiger partial charge in [0.15, 0.2) is 5.76 Å². The summed E-state index contributed by atoms with van der Waals surface area (Å²) in [5.74, 6) is -0.153. The summed E-state index contributed by atoms with van der Waals surface area (Å²) in [5.41, 5.74) is 1.31. The number of furan rings is 1. The first-order valence-electron chi connectivity index (χ1n) is 13.4. The topological polar surface area (TPSA) is 105 Å². The maximum atomic E-state index is 13.3. The Balaban J connectivity index is 1.35. The molecule has 1 aliphatic carbocycles. The van der Waals surface area contributed by atoms with Crippen LogP contribution < -0.4 is 20.7 Å². The molecule has 3 N–H and O–H groups in total. The van der Waals surface area contributed by atoms with Gasteiger partial charge in [-0.25, -0.2) is 0 Å². The van der Waals surface area contributed by atoms with Crippen molar-refractivity contribution >= 4 is 17.5 Å². The lowest BCUT2D eigenvalue weighted by molar-refractivity contribution is -0.274.